The van der Waals surface area contributed by atoms with Crippen LogP contribution in [0.1, 0.15) is 44.0 Å². The fourth-order valence-electron chi connectivity index (χ4n) is 3.87. The van der Waals surface area contributed by atoms with Crippen molar-refractivity contribution in [3.05, 3.63) is 77.9 Å². The van der Waals surface area contributed by atoms with E-state index >= 15 is 0 Å². The van der Waals surface area contributed by atoms with E-state index in [1.807, 2.05) is 24.3 Å². The fourth-order valence-corrected chi connectivity index (χ4v) is 5.12. The molecule has 140 valence electrons. The number of nitrogens with one attached hydrogen (secondary N) is 2. The van der Waals surface area contributed by atoms with Crippen molar-refractivity contribution in [2.24, 2.45) is 0 Å². The SMILES string of the molecule is CC(C)(C)NC1c2cccc3cccc(c23)C1NS(=O)(=O)c1ccccc1. The van der Waals surface area contributed by atoms with Gasteiger partial charge in [0.05, 0.1) is 17.0 Å². The molecule has 5 heteroatoms. The number of sulfonamides is 1. The minimum atomic E-state index is -3.64. The molecule has 0 bridgehead atoms. The highest BCUT2D eigenvalue weighted by Crippen LogP contribution is 2.45. The van der Waals surface area contributed by atoms with E-state index in [2.05, 4.69) is 49.0 Å². The van der Waals surface area contributed by atoms with E-state index in [4.69, 9.17) is 0 Å². The highest BCUT2D eigenvalue weighted by Gasteiger charge is 2.38. The lowest BCUT2D eigenvalue weighted by atomic mass is 10.0. The van der Waals surface area contributed by atoms with Crippen LogP contribution in [-0.4, -0.2) is 14.0 Å². The molecule has 2 N–H and O–H groups in total. The number of hydrogen-bond donors (Lipinski definition) is 2. The zero-order valence-electron chi connectivity index (χ0n) is 15.7. The molecule has 0 fully saturated rings. The van der Waals surface area contributed by atoms with Crippen LogP contribution in [0.25, 0.3) is 10.8 Å². The summed E-state index contributed by atoms with van der Waals surface area (Å²) < 4.78 is 29.0. The first-order valence-corrected chi connectivity index (χ1v) is 10.6. The summed E-state index contributed by atoms with van der Waals surface area (Å²) in [5.74, 6) is 0. The summed E-state index contributed by atoms with van der Waals surface area (Å²) in [4.78, 5) is 0.280. The summed E-state index contributed by atoms with van der Waals surface area (Å²) in [6.07, 6.45) is 0. The second-order valence-electron chi connectivity index (χ2n) is 8.08. The zero-order chi connectivity index (χ0) is 19.2. The standard InChI is InChI=1S/C22H24N2O2S/c1-22(2,3)23-20-17-13-7-9-15-10-8-14-18(19(15)17)21(20)24-27(25,26)16-11-5-4-6-12-16/h4-14,20-21,23-24H,1-3H3. The van der Waals surface area contributed by atoms with Gasteiger partial charge < -0.3 is 5.32 Å². The van der Waals surface area contributed by atoms with Crippen molar-refractivity contribution in [2.75, 3.05) is 0 Å². The maximum absolute atomic E-state index is 13.0. The predicted molar refractivity (Wildman–Crippen MR) is 109 cm³/mol. The molecule has 0 radical (unpaired) electrons. The Balaban J connectivity index is 1.82. The zero-order valence-corrected chi connectivity index (χ0v) is 16.5. The first-order chi connectivity index (χ1) is 12.8. The molecular formula is C22H24N2O2S. The fraction of sp³-hybridized carbons (Fsp3) is 0.273. The van der Waals surface area contributed by atoms with Crippen LogP contribution in [0.2, 0.25) is 0 Å². The largest absolute Gasteiger partial charge is 0.304 e. The molecule has 0 amide bonds. The topological polar surface area (TPSA) is 58.2 Å². The molecule has 0 aromatic heterocycles. The van der Waals surface area contributed by atoms with Crippen LogP contribution >= 0.6 is 0 Å². The lowest BCUT2D eigenvalue weighted by molar-refractivity contribution is 0.327. The van der Waals surface area contributed by atoms with E-state index in [0.717, 1.165) is 21.9 Å². The van der Waals surface area contributed by atoms with E-state index in [-0.39, 0.29) is 22.5 Å². The molecule has 2 unspecified atom stereocenters. The third-order valence-corrected chi connectivity index (χ3v) is 6.35. The highest BCUT2D eigenvalue weighted by molar-refractivity contribution is 7.89. The third-order valence-electron chi connectivity index (χ3n) is 4.90. The normalized spacial score (nSPS) is 19.5. The van der Waals surface area contributed by atoms with Gasteiger partial charge in [0.25, 0.3) is 0 Å². The van der Waals surface area contributed by atoms with Gasteiger partial charge in [0.15, 0.2) is 0 Å². The summed E-state index contributed by atoms with van der Waals surface area (Å²) in [6, 6.07) is 20.3. The summed E-state index contributed by atoms with van der Waals surface area (Å²) in [5, 5.41) is 5.89. The van der Waals surface area contributed by atoms with E-state index in [1.54, 1.807) is 24.3 Å². The molecule has 0 aliphatic heterocycles. The molecule has 3 aromatic rings. The maximum atomic E-state index is 13.0. The van der Waals surface area contributed by atoms with Crippen molar-refractivity contribution >= 4 is 20.8 Å². The van der Waals surface area contributed by atoms with Gasteiger partial charge in [-0.25, -0.2) is 13.1 Å². The van der Waals surface area contributed by atoms with E-state index in [0.29, 0.717) is 0 Å². The van der Waals surface area contributed by atoms with Crippen molar-refractivity contribution in [3.63, 3.8) is 0 Å². The average molecular weight is 381 g/mol. The monoisotopic (exact) mass is 380 g/mol. The van der Waals surface area contributed by atoms with Gasteiger partial charge in [0, 0.05) is 5.54 Å². The average Bonchev–Trinajstić information content (AvgIpc) is 2.90. The molecule has 0 spiro atoms. The van der Waals surface area contributed by atoms with Gasteiger partial charge in [-0.05, 0) is 54.8 Å². The van der Waals surface area contributed by atoms with Gasteiger partial charge in [0.1, 0.15) is 0 Å². The minimum Gasteiger partial charge on any atom is -0.304 e. The summed E-state index contributed by atoms with van der Waals surface area (Å²) in [7, 11) is -3.64. The first-order valence-electron chi connectivity index (χ1n) is 9.13. The lowest BCUT2D eigenvalue weighted by Crippen LogP contribution is -2.44. The van der Waals surface area contributed by atoms with Gasteiger partial charge in [0.2, 0.25) is 10.0 Å². The molecule has 1 aliphatic carbocycles. The second-order valence-corrected chi connectivity index (χ2v) is 9.79. The van der Waals surface area contributed by atoms with E-state index in [1.165, 1.54) is 0 Å². The molecular weight excluding hydrogens is 356 g/mol. The Morgan fingerprint density at radius 1 is 0.778 bits per heavy atom. The van der Waals surface area contributed by atoms with Crippen LogP contribution in [0, 0.1) is 0 Å². The molecule has 1 aliphatic rings. The number of rotatable bonds is 4. The quantitative estimate of drug-likeness (QED) is 0.709. The van der Waals surface area contributed by atoms with Crippen LogP contribution in [0.3, 0.4) is 0 Å². The van der Waals surface area contributed by atoms with E-state index in [9.17, 15) is 8.42 Å². The smallest absolute Gasteiger partial charge is 0.241 e. The summed E-state index contributed by atoms with van der Waals surface area (Å²) in [5.41, 5.74) is 1.99. The van der Waals surface area contributed by atoms with Crippen LogP contribution < -0.4 is 10.0 Å². The van der Waals surface area contributed by atoms with Crippen molar-refractivity contribution in [3.8, 4) is 0 Å². The van der Waals surface area contributed by atoms with Gasteiger partial charge in [-0.2, -0.15) is 0 Å². The Bertz CT molecular complexity index is 1080. The second kappa shape index (κ2) is 6.44. The molecule has 2 atom stereocenters. The first kappa shape index (κ1) is 18.2. The minimum absolute atomic E-state index is 0.135. The van der Waals surface area contributed by atoms with Crippen LogP contribution in [0.15, 0.2) is 71.6 Å². The Morgan fingerprint density at radius 3 is 1.96 bits per heavy atom. The Labute approximate surface area is 160 Å². The number of benzene rings is 3. The molecule has 4 nitrogen and oxygen atoms in total. The highest BCUT2D eigenvalue weighted by atomic mass is 32.2. The molecule has 0 saturated carbocycles. The molecule has 0 saturated heterocycles. The van der Waals surface area contributed by atoms with Gasteiger partial charge >= 0.3 is 0 Å². The Kier molecular flexibility index (Phi) is 4.34. The predicted octanol–water partition coefficient (Wildman–Crippen LogP) is 4.30. The van der Waals surface area contributed by atoms with Gasteiger partial charge in [-0.15, -0.1) is 0 Å². The van der Waals surface area contributed by atoms with Crippen LogP contribution in [0.4, 0.5) is 0 Å². The summed E-state index contributed by atoms with van der Waals surface area (Å²) >= 11 is 0. The van der Waals surface area contributed by atoms with Gasteiger partial charge in [-0.3, -0.25) is 0 Å². The molecule has 4 rings (SSSR count). The molecule has 0 heterocycles. The van der Waals surface area contributed by atoms with Crippen molar-refractivity contribution in [2.45, 2.75) is 43.3 Å². The number of hydrogen-bond acceptors (Lipinski definition) is 3. The Morgan fingerprint density at radius 2 is 1.37 bits per heavy atom. The molecule has 27 heavy (non-hydrogen) atoms. The summed E-state index contributed by atoms with van der Waals surface area (Å²) in [6.45, 7) is 6.29. The van der Waals surface area contributed by atoms with Crippen LogP contribution in [0.5, 0.6) is 0 Å². The van der Waals surface area contributed by atoms with Crippen molar-refractivity contribution in [1.29, 1.82) is 0 Å². The van der Waals surface area contributed by atoms with Gasteiger partial charge in [-0.1, -0.05) is 54.6 Å². The molecule has 3 aromatic carbocycles. The Hall–Kier alpha value is -2.21. The van der Waals surface area contributed by atoms with Crippen molar-refractivity contribution in [1.82, 2.24) is 10.0 Å². The maximum Gasteiger partial charge on any atom is 0.241 e. The lowest BCUT2D eigenvalue weighted by Gasteiger charge is -2.31. The van der Waals surface area contributed by atoms with Crippen molar-refractivity contribution < 1.29 is 8.42 Å². The third kappa shape index (κ3) is 3.38. The van der Waals surface area contributed by atoms with Crippen LogP contribution in [-0.2, 0) is 10.0 Å². The van der Waals surface area contributed by atoms with E-state index < -0.39 is 10.0 Å².